The van der Waals surface area contributed by atoms with Gasteiger partial charge in [-0.05, 0) is 98.4 Å². The Bertz CT molecular complexity index is 1560. The Hall–Kier alpha value is -3.28. The number of nitrogens with zero attached hydrogens (tertiary/aromatic N) is 5. The van der Waals surface area contributed by atoms with Gasteiger partial charge < -0.3 is 10.0 Å². The first kappa shape index (κ1) is 28.5. The van der Waals surface area contributed by atoms with Gasteiger partial charge in [0.05, 0.1) is 6.10 Å². The molecule has 3 aromatic heterocycles. The number of carbonyl (C=O) groups excluding carboxylic acids is 3. The van der Waals surface area contributed by atoms with Crippen LogP contribution in [0.3, 0.4) is 0 Å². The van der Waals surface area contributed by atoms with Gasteiger partial charge in [-0.15, -0.1) is 0 Å². The number of aryl methyl sites for hydroxylation is 1. The van der Waals surface area contributed by atoms with E-state index in [1.807, 2.05) is 6.07 Å². The minimum Gasteiger partial charge on any atom is -0.393 e. The first-order chi connectivity index (χ1) is 20.7. The lowest BCUT2D eigenvalue weighted by atomic mass is 9.77. The van der Waals surface area contributed by atoms with Crippen molar-refractivity contribution >= 4 is 45.2 Å². The summed E-state index contributed by atoms with van der Waals surface area (Å²) in [5, 5.41) is 12.7. The van der Waals surface area contributed by atoms with Gasteiger partial charge in [-0.25, -0.2) is 19.7 Å². The average molecular weight is 603 g/mol. The number of imide groups is 1. The Morgan fingerprint density at radius 3 is 2.70 bits per heavy atom. The molecule has 5 heterocycles. The van der Waals surface area contributed by atoms with Gasteiger partial charge in [-0.2, -0.15) is 0 Å². The third-order valence-electron chi connectivity index (χ3n) is 10.1. The number of hydrogen-bond donors (Lipinski definition) is 2. The molecule has 2 aliphatic heterocycles. The number of likely N-dealkylation sites (tertiary alicyclic amines) is 1. The van der Waals surface area contributed by atoms with Crippen LogP contribution in [0.5, 0.6) is 0 Å². The average Bonchev–Trinajstić information content (AvgIpc) is 3.47. The number of pyridine rings is 2. The SMILES string of the molecule is CC1([C@H]2CCc3nc4sc(C(=O)CC(CCN5CCC(O)CC5)c5ccc(N6CC(=O)NC6=O)nc5)nc4cc3C2)CC1. The van der Waals surface area contributed by atoms with E-state index in [1.165, 1.54) is 46.8 Å². The number of aliphatic hydroxyl groups is 1. The summed E-state index contributed by atoms with van der Waals surface area (Å²) >= 11 is 1.39. The Morgan fingerprint density at radius 2 is 2.00 bits per heavy atom. The number of thiazole rings is 1. The zero-order valence-corrected chi connectivity index (χ0v) is 25.4. The maximum atomic E-state index is 13.7. The first-order valence-corrected chi connectivity index (χ1v) is 16.4. The van der Waals surface area contributed by atoms with E-state index in [4.69, 9.17) is 9.97 Å². The lowest BCUT2D eigenvalue weighted by Crippen LogP contribution is -2.37. The summed E-state index contributed by atoms with van der Waals surface area (Å²) in [4.78, 5) is 56.2. The summed E-state index contributed by atoms with van der Waals surface area (Å²) in [6, 6.07) is 5.34. The van der Waals surface area contributed by atoms with Crippen molar-refractivity contribution in [1.82, 2.24) is 25.2 Å². The van der Waals surface area contributed by atoms with Crippen LogP contribution in [-0.2, 0) is 17.6 Å². The highest BCUT2D eigenvalue weighted by atomic mass is 32.1. The van der Waals surface area contributed by atoms with Crippen molar-refractivity contribution in [2.75, 3.05) is 31.1 Å². The number of hydrogen-bond acceptors (Lipinski definition) is 9. The molecule has 0 aromatic carbocycles. The Labute approximate surface area is 254 Å². The van der Waals surface area contributed by atoms with E-state index in [0.29, 0.717) is 28.6 Å². The topological polar surface area (TPSA) is 129 Å². The maximum Gasteiger partial charge on any atom is 0.330 e. The van der Waals surface area contributed by atoms with Crippen molar-refractivity contribution in [3.8, 4) is 0 Å². The molecule has 11 heteroatoms. The largest absolute Gasteiger partial charge is 0.393 e. The van der Waals surface area contributed by atoms with Crippen LogP contribution in [-0.4, -0.2) is 75.0 Å². The predicted octanol–water partition coefficient (Wildman–Crippen LogP) is 4.25. The van der Waals surface area contributed by atoms with Crippen molar-refractivity contribution in [2.45, 2.75) is 76.7 Å². The normalized spacial score (nSPS) is 22.9. The lowest BCUT2D eigenvalue weighted by Gasteiger charge is -2.30. The maximum absolute atomic E-state index is 13.7. The minimum atomic E-state index is -0.479. The lowest BCUT2D eigenvalue weighted by molar-refractivity contribution is -0.117. The number of amides is 3. The number of piperidine rings is 1. The van der Waals surface area contributed by atoms with Gasteiger partial charge >= 0.3 is 6.03 Å². The van der Waals surface area contributed by atoms with E-state index in [1.54, 1.807) is 12.3 Å². The molecule has 0 spiro atoms. The smallest absolute Gasteiger partial charge is 0.330 e. The summed E-state index contributed by atoms with van der Waals surface area (Å²) in [6.45, 7) is 4.84. The molecule has 1 saturated carbocycles. The molecule has 2 N–H and O–H groups in total. The van der Waals surface area contributed by atoms with Crippen molar-refractivity contribution in [3.05, 3.63) is 46.2 Å². The van der Waals surface area contributed by atoms with E-state index < -0.39 is 6.03 Å². The molecule has 3 aromatic rings. The van der Waals surface area contributed by atoms with Crippen LogP contribution < -0.4 is 10.2 Å². The molecule has 4 aliphatic rings. The van der Waals surface area contributed by atoms with Gasteiger partial charge in [0.1, 0.15) is 22.7 Å². The number of nitrogens with one attached hydrogen (secondary N) is 1. The van der Waals surface area contributed by atoms with E-state index in [0.717, 1.165) is 67.6 Å². The van der Waals surface area contributed by atoms with Crippen LogP contribution in [0.25, 0.3) is 10.3 Å². The summed E-state index contributed by atoms with van der Waals surface area (Å²) in [5.74, 6) is 0.666. The van der Waals surface area contributed by atoms with Crippen molar-refractivity contribution in [1.29, 1.82) is 0 Å². The molecule has 1 unspecified atom stereocenters. The van der Waals surface area contributed by atoms with Crippen molar-refractivity contribution in [3.63, 3.8) is 0 Å². The minimum absolute atomic E-state index is 0.00278. The second kappa shape index (κ2) is 11.3. The summed E-state index contributed by atoms with van der Waals surface area (Å²) < 4.78 is 0. The van der Waals surface area contributed by atoms with Gasteiger partial charge in [0.2, 0.25) is 5.91 Å². The van der Waals surface area contributed by atoms with Gasteiger partial charge in [-0.3, -0.25) is 19.8 Å². The number of fused-ring (bicyclic) bond motifs is 2. The molecule has 10 nitrogen and oxygen atoms in total. The van der Waals surface area contributed by atoms with Gasteiger partial charge in [-0.1, -0.05) is 24.3 Å². The summed E-state index contributed by atoms with van der Waals surface area (Å²) in [6.07, 6.45) is 9.95. The number of ketones is 1. The van der Waals surface area contributed by atoms with Gasteiger partial charge in [0.15, 0.2) is 10.8 Å². The van der Waals surface area contributed by atoms with Crippen molar-refractivity contribution in [2.24, 2.45) is 11.3 Å². The number of anilines is 1. The zero-order valence-electron chi connectivity index (χ0n) is 24.6. The number of carbonyl (C=O) groups is 3. The van der Waals surface area contributed by atoms with Gasteiger partial charge in [0, 0.05) is 31.4 Å². The molecule has 0 radical (unpaired) electrons. The first-order valence-electron chi connectivity index (χ1n) is 15.5. The molecule has 2 atom stereocenters. The van der Waals surface area contributed by atoms with E-state index in [-0.39, 0.29) is 30.3 Å². The van der Waals surface area contributed by atoms with Gasteiger partial charge in [0.25, 0.3) is 0 Å². The van der Waals surface area contributed by atoms with E-state index >= 15 is 0 Å². The van der Waals surface area contributed by atoms with Crippen molar-refractivity contribution < 1.29 is 19.5 Å². The molecule has 7 rings (SSSR count). The second-order valence-electron chi connectivity index (χ2n) is 13.1. The van der Waals surface area contributed by atoms with Crippen LogP contribution in [0.15, 0.2) is 24.4 Å². The second-order valence-corrected chi connectivity index (χ2v) is 14.1. The Kier molecular flexibility index (Phi) is 7.51. The molecule has 3 fully saturated rings. The number of aromatic nitrogens is 3. The summed E-state index contributed by atoms with van der Waals surface area (Å²) in [5.41, 5.74) is 4.69. The fourth-order valence-electron chi connectivity index (χ4n) is 6.94. The third kappa shape index (κ3) is 5.94. The molecular formula is C32H38N6O4S. The van der Waals surface area contributed by atoms with Crippen LogP contribution in [0.4, 0.5) is 10.6 Å². The fraction of sp³-hybridized carbons (Fsp3) is 0.562. The fourth-order valence-corrected chi connectivity index (χ4v) is 7.83. The van der Waals surface area contributed by atoms with Crippen LogP contribution in [0.2, 0.25) is 0 Å². The predicted molar refractivity (Wildman–Crippen MR) is 163 cm³/mol. The molecule has 2 saturated heterocycles. The highest BCUT2D eigenvalue weighted by Crippen LogP contribution is 2.55. The highest BCUT2D eigenvalue weighted by molar-refractivity contribution is 7.19. The highest BCUT2D eigenvalue weighted by Gasteiger charge is 2.45. The molecule has 3 amide bonds. The molecule has 43 heavy (non-hydrogen) atoms. The number of urea groups is 1. The van der Waals surface area contributed by atoms with Crippen LogP contribution in [0, 0.1) is 11.3 Å². The number of rotatable bonds is 9. The molecular weight excluding hydrogens is 564 g/mol. The van der Waals surface area contributed by atoms with Crippen LogP contribution in [0.1, 0.15) is 84.4 Å². The quantitative estimate of drug-likeness (QED) is 0.275. The monoisotopic (exact) mass is 602 g/mol. The molecule has 226 valence electrons. The Balaban J connectivity index is 1.09. The third-order valence-corrected chi connectivity index (χ3v) is 11.1. The van der Waals surface area contributed by atoms with E-state index in [9.17, 15) is 19.5 Å². The number of Topliss-reactive ketones (excluding diaryl/α,β-unsaturated/α-hetero) is 1. The van der Waals surface area contributed by atoms with Crippen LogP contribution >= 0.6 is 11.3 Å². The Morgan fingerprint density at radius 1 is 1.19 bits per heavy atom. The summed E-state index contributed by atoms with van der Waals surface area (Å²) in [7, 11) is 0. The standard InChI is InChI=1S/C32H38N6O4S/c1-32(9-10-32)22-3-4-24-21(14-22)15-25-29(34-24)43-30(35-25)26(40)16-19(6-11-37-12-7-23(39)8-13-37)20-2-5-27(33-17-20)38-18-28(41)36-31(38)42/h2,5,15,17,19,22-23,39H,3-4,6-14,16,18H2,1H3,(H,36,41,42)/t19?,22-/m0/s1. The number of aliphatic hydroxyl groups excluding tert-OH is 1. The van der Waals surface area contributed by atoms with E-state index in [2.05, 4.69) is 28.2 Å². The zero-order chi connectivity index (χ0) is 29.7. The molecule has 0 bridgehead atoms. The molecule has 2 aliphatic carbocycles.